The number of hydrogen-bond donors (Lipinski definition) is 1. The molecule has 0 aliphatic rings. The Morgan fingerprint density at radius 1 is 1.18 bits per heavy atom. The van der Waals surface area contributed by atoms with E-state index in [-0.39, 0.29) is 5.56 Å². The number of benzene rings is 1. The first-order valence-electron chi connectivity index (χ1n) is 5.10. The minimum Gasteiger partial charge on any atom is -0.464 e. The summed E-state index contributed by atoms with van der Waals surface area (Å²) in [6.45, 7) is 0. The van der Waals surface area contributed by atoms with Gasteiger partial charge in [0.1, 0.15) is 10.7 Å². The van der Waals surface area contributed by atoms with Gasteiger partial charge in [-0.05, 0) is 17.7 Å². The highest BCUT2D eigenvalue weighted by molar-refractivity contribution is 6.29. The molecule has 0 amide bonds. The van der Waals surface area contributed by atoms with Gasteiger partial charge in [0.2, 0.25) is 5.56 Å². The van der Waals surface area contributed by atoms with E-state index in [4.69, 9.17) is 16.0 Å². The summed E-state index contributed by atoms with van der Waals surface area (Å²) in [7, 11) is 0. The first-order chi connectivity index (χ1) is 8.24. The monoisotopic (exact) mass is 245 g/mol. The van der Waals surface area contributed by atoms with Gasteiger partial charge < -0.3 is 9.40 Å². The largest absolute Gasteiger partial charge is 0.464 e. The molecule has 0 radical (unpaired) electrons. The molecule has 3 nitrogen and oxygen atoms in total. The molecule has 0 aliphatic carbocycles. The molecule has 0 saturated heterocycles. The van der Waals surface area contributed by atoms with Crippen molar-refractivity contribution in [3.8, 4) is 11.1 Å². The Bertz CT molecular complexity index is 742. The second-order valence-corrected chi connectivity index (χ2v) is 4.13. The van der Waals surface area contributed by atoms with E-state index in [1.807, 2.05) is 24.3 Å². The van der Waals surface area contributed by atoms with Gasteiger partial charge in [0.25, 0.3) is 0 Å². The average molecular weight is 246 g/mol. The van der Waals surface area contributed by atoms with E-state index in [0.29, 0.717) is 5.15 Å². The lowest BCUT2D eigenvalue weighted by Gasteiger charge is -1.98. The van der Waals surface area contributed by atoms with Crippen molar-refractivity contribution >= 4 is 22.6 Å². The van der Waals surface area contributed by atoms with Gasteiger partial charge in [0.15, 0.2) is 0 Å². The second kappa shape index (κ2) is 3.79. The number of pyridine rings is 1. The fraction of sp³-hybridized carbons (Fsp3) is 0. The van der Waals surface area contributed by atoms with Crippen LogP contribution in [0.2, 0.25) is 5.15 Å². The first kappa shape index (κ1) is 10.2. The van der Waals surface area contributed by atoms with Crippen molar-refractivity contribution < 1.29 is 4.42 Å². The number of halogens is 1. The van der Waals surface area contributed by atoms with Crippen LogP contribution < -0.4 is 5.56 Å². The second-order valence-electron chi connectivity index (χ2n) is 3.73. The maximum Gasteiger partial charge on any atom is 0.249 e. The first-order valence-corrected chi connectivity index (χ1v) is 5.48. The van der Waals surface area contributed by atoms with Crippen molar-refractivity contribution in [2.24, 2.45) is 0 Å². The van der Waals surface area contributed by atoms with Crippen LogP contribution in [0.1, 0.15) is 0 Å². The van der Waals surface area contributed by atoms with E-state index in [1.165, 1.54) is 6.07 Å². The predicted molar refractivity (Wildman–Crippen MR) is 67.3 cm³/mol. The lowest BCUT2D eigenvalue weighted by molar-refractivity contribution is 0.617. The van der Waals surface area contributed by atoms with Gasteiger partial charge >= 0.3 is 0 Å². The number of fused-ring (bicyclic) bond motifs is 1. The molecule has 84 valence electrons. The average Bonchev–Trinajstić information content (AvgIpc) is 2.71. The summed E-state index contributed by atoms with van der Waals surface area (Å²) in [4.78, 5) is 13.9. The molecular formula is C13H8ClNO2. The normalized spacial score (nSPS) is 10.9. The maximum absolute atomic E-state index is 11.4. The number of rotatable bonds is 1. The van der Waals surface area contributed by atoms with Gasteiger partial charge in [-0.25, -0.2) is 0 Å². The highest BCUT2D eigenvalue weighted by Gasteiger charge is 2.08. The molecule has 3 rings (SSSR count). The number of para-hydroxylation sites is 1. The summed E-state index contributed by atoms with van der Waals surface area (Å²) >= 11 is 5.83. The van der Waals surface area contributed by atoms with Crippen LogP contribution in [-0.4, -0.2) is 4.98 Å². The van der Waals surface area contributed by atoms with Gasteiger partial charge in [0.05, 0.1) is 6.26 Å². The Morgan fingerprint density at radius 2 is 2.00 bits per heavy atom. The fourth-order valence-electron chi connectivity index (χ4n) is 1.87. The van der Waals surface area contributed by atoms with Crippen LogP contribution in [0.4, 0.5) is 0 Å². The molecular weight excluding hydrogens is 238 g/mol. The Kier molecular flexibility index (Phi) is 2.27. The van der Waals surface area contributed by atoms with E-state index in [0.717, 1.165) is 22.1 Å². The number of hydrogen-bond acceptors (Lipinski definition) is 2. The van der Waals surface area contributed by atoms with E-state index in [9.17, 15) is 4.79 Å². The third kappa shape index (κ3) is 1.74. The van der Waals surface area contributed by atoms with Gasteiger partial charge in [-0.3, -0.25) is 4.79 Å². The highest BCUT2D eigenvalue weighted by Crippen LogP contribution is 2.30. The highest BCUT2D eigenvalue weighted by atomic mass is 35.5. The summed E-state index contributed by atoms with van der Waals surface area (Å²) in [6.07, 6.45) is 1.63. The topological polar surface area (TPSA) is 46.0 Å². The molecule has 1 N–H and O–H groups in total. The molecule has 0 unspecified atom stereocenters. The van der Waals surface area contributed by atoms with Crippen molar-refractivity contribution in [1.82, 2.24) is 4.98 Å². The number of H-pyrrole nitrogens is 1. The predicted octanol–water partition coefficient (Wildman–Crippen LogP) is 3.44. The summed E-state index contributed by atoms with van der Waals surface area (Å²) in [5.41, 5.74) is 2.19. The molecule has 1 aromatic carbocycles. The van der Waals surface area contributed by atoms with Gasteiger partial charge in [-0.15, -0.1) is 0 Å². The molecule has 0 bridgehead atoms. The Morgan fingerprint density at radius 3 is 2.82 bits per heavy atom. The quantitative estimate of drug-likeness (QED) is 0.668. The van der Waals surface area contributed by atoms with E-state index in [2.05, 4.69) is 4.98 Å². The molecule has 17 heavy (non-hydrogen) atoms. The van der Waals surface area contributed by atoms with Crippen LogP contribution in [0.15, 0.2) is 51.9 Å². The zero-order valence-electron chi connectivity index (χ0n) is 8.74. The van der Waals surface area contributed by atoms with Crippen LogP contribution in [0, 0.1) is 0 Å². The van der Waals surface area contributed by atoms with Crippen LogP contribution in [0.25, 0.3) is 22.1 Å². The Balaban J connectivity index is 2.30. The molecule has 3 aromatic rings. The number of furan rings is 1. The number of nitrogens with one attached hydrogen (secondary N) is 1. The third-order valence-corrected chi connectivity index (χ3v) is 2.81. The van der Waals surface area contributed by atoms with Gasteiger partial charge in [-0.1, -0.05) is 29.8 Å². The maximum atomic E-state index is 11.4. The smallest absolute Gasteiger partial charge is 0.249 e. The van der Waals surface area contributed by atoms with E-state index in [1.54, 1.807) is 12.3 Å². The van der Waals surface area contributed by atoms with Crippen molar-refractivity contribution in [2.75, 3.05) is 0 Å². The zero-order chi connectivity index (χ0) is 11.8. The van der Waals surface area contributed by atoms with Crippen molar-refractivity contribution in [3.05, 3.63) is 58.2 Å². The van der Waals surface area contributed by atoms with E-state index >= 15 is 0 Å². The molecule has 0 atom stereocenters. The molecule has 0 saturated carbocycles. The SMILES string of the molecule is O=c1cc(-c2coc3ccccc23)cc(Cl)[nH]1. The van der Waals surface area contributed by atoms with Crippen molar-refractivity contribution in [1.29, 1.82) is 0 Å². The fourth-order valence-corrected chi connectivity index (χ4v) is 2.08. The molecule has 0 fully saturated rings. The molecule has 2 aromatic heterocycles. The molecule has 0 spiro atoms. The van der Waals surface area contributed by atoms with Gasteiger partial charge in [-0.2, -0.15) is 0 Å². The molecule has 0 aliphatic heterocycles. The zero-order valence-corrected chi connectivity index (χ0v) is 9.49. The Hall–Kier alpha value is -2.00. The van der Waals surface area contributed by atoms with Crippen molar-refractivity contribution in [2.45, 2.75) is 0 Å². The summed E-state index contributed by atoms with van der Waals surface area (Å²) < 4.78 is 5.43. The van der Waals surface area contributed by atoms with Crippen LogP contribution in [-0.2, 0) is 0 Å². The molecule has 4 heteroatoms. The summed E-state index contributed by atoms with van der Waals surface area (Å²) in [5.74, 6) is 0. The minimum atomic E-state index is -0.224. The summed E-state index contributed by atoms with van der Waals surface area (Å²) in [5, 5.41) is 1.28. The van der Waals surface area contributed by atoms with Gasteiger partial charge in [0, 0.05) is 17.0 Å². The lowest BCUT2D eigenvalue weighted by atomic mass is 10.1. The lowest BCUT2D eigenvalue weighted by Crippen LogP contribution is -2.03. The van der Waals surface area contributed by atoms with Crippen molar-refractivity contribution in [3.63, 3.8) is 0 Å². The standard InChI is InChI=1S/C13H8ClNO2/c14-12-5-8(6-13(16)15-12)10-7-17-11-4-2-1-3-9(10)11/h1-7H,(H,15,16). The van der Waals surface area contributed by atoms with Crippen LogP contribution in [0.3, 0.4) is 0 Å². The minimum absolute atomic E-state index is 0.224. The van der Waals surface area contributed by atoms with Crippen LogP contribution >= 0.6 is 11.6 Å². The van der Waals surface area contributed by atoms with Crippen LogP contribution in [0.5, 0.6) is 0 Å². The Labute approximate surface area is 102 Å². The number of aromatic nitrogens is 1. The molecule has 2 heterocycles. The van der Waals surface area contributed by atoms with E-state index < -0.39 is 0 Å². The summed E-state index contributed by atoms with van der Waals surface area (Å²) in [6, 6.07) is 10.9. The number of aromatic amines is 1. The third-order valence-electron chi connectivity index (χ3n) is 2.60.